The maximum atomic E-state index is 12.1. The lowest BCUT2D eigenvalue weighted by Crippen LogP contribution is -2.40. The van der Waals surface area contributed by atoms with Crippen molar-refractivity contribution < 1.29 is 9.59 Å². The molecule has 2 heterocycles. The van der Waals surface area contributed by atoms with Gasteiger partial charge in [-0.25, -0.2) is 4.98 Å². The first-order valence-electron chi connectivity index (χ1n) is 8.44. The minimum atomic E-state index is -0.701. The zero-order valence-corrected chi connectivity index (χ0v) is 16.0. The third-order valence-electron chi connectivity index (χ3n) is 4.55. The SMILES string of the molecule is CN1CCc2cc(C(CNC(=O)C(=O)Nc3nccs3)N(C)C)ccc21. The highest BCUT2D eigenvalue weighted by Crippen LogP contribution is 2.30. The van der Waals surface area contributed by atoms with Gasteiger partial charge < -0.3 is 15.1 Å². The number of thiazole rings is 1. The molecule has 0 radical (unpaired) electrons. The van der Waals surface area contributed by atoms with Crippen molar-refractivity contribution in [3.05, 3.63) is 40.9 Å². The number of hydrogen-bond donors (Lipinski definition) is 2. The van der Waals surface area contributed by atoms with E-state index < -0.39 is 11.8 Å². The molecular formula is C18H23N5O2S. The fourth-order valence-corrected chi connectivity index (χ4v) is 3.63. The van der Waals surface area contributed by atoms with Crippen LogP contribution < -0.4 is 15.5 Å². The Morgan fingerprint density at radius 2 is 2.15 bits per heavy atom. The number of rotatable bonds is 5. The third kappa shape index (κ3) is 4.03. The quantitative estimate of drug-likeness (QED) is 0.777. The van der Waals surface area contributed by atoms with Crippen LogP contribution in [0.5, 0.6) is 0 Å². The summed E-state index contributed by atoms with van der Waals surface area (Å²) in [5, 5.41) is 7.37. The number of amides is 2. The summed E-state index contributed by atoms with van der Waals surface area (Å²) in [7, 11) is 6.02. The van der Waals surface area contributed by atoms with Gasteiger partial charge in [0, 0.05) is 37.4 Å². The van der Waals surface area contributed by atoms with E-state index in [1.807, 2.05) is 19.0 Å². The molecule has 26 heavy (non-hydrogen) atoms. The average molecular weight is 373 g/mol. The van der Waals surface area contributed by atoms with Gasteiger partial charge >= 0.3 is 11.8 Å². The van der Waals surface area contributed by atoms with Gasteiger partial charge in [-0.1, -0.05) is 12.1 Å². The van der Waals surface area contributed by atoms with Gasteiger partial charge in [0.15, 0.2) is 5.13 Å². The van der Waals surface area contributed by atoms with E-state index in [0.717, 1.165) is 18.5 Å². The standard InChI is InChI=1S/C18H23N5O2S/c1-22(2)15(12-4-5-14-13(10-12)6-8-23(14)3)11-20-16(24)17(25)21-18-19-7-9-26-18/h4-5,7,9-10,15H,6,8,11H2,1-3H3,(H,20,24)(H,19,21,25). The molecule has 138 valence electrons. The molecule has 0 saturated heterocycles. The minimum absolute atomic E-state index is 0.0113. The van der Waals surface area contributed by atoms with E-state index in [9.17, 15) is 9.59 Å². The van der Waals surface area contributed by atoms with Gasteiger partial charge in [0.1, 0.15) is 0 Å². The van der Waals surface area contributed by atoms with E-state index in [2.05, 4.69) is 45.8 Å². The molecule has 2 amide bonds. The Bertz CT molecular complexity index is 791. The summed E-state index contributed by atoms with van der Waals surface area (Å²) < 4.78 is 0. The van der Waals surface area contributed by atoms with Crippen molar-refractivity contribution in [3.63, 3.8) is 0 Å². The smallest absolute Gasteiger partial charge is 0.315 e. The molecule has 1 aromatic heterocycles. The summed E-state index contributed by atoms with van der Waals surface area (Å²) in [6.45, 7) is 1.38. The van der Waals surface area contributed by atoms with Crippen molar-refractivity contribution in [2.75, 3.05) is 44.4 Å². The molecule has 2 N–H and O–H groups in total. The first-order chi connectivity index (χ1) is 12.5. The van der Waals surface area contributed by atoms with Gasteiger partial charge in [-0.05, 0) is 37.7 Å². The van der Waals surface area contributed by atoms with Crippen molar-refractivity contribution in [2.45, 2.75) is 12.5 Å². The fraction of sp³-hybridized carbons (Fsp3) is 0.389. The van der Waals surface area contributed by atoms with Crippen molar-refractivity contribution in [1.82, 2.24) is 15.2 Å². The number of hydrogen-bond acceptors (Lipinski definition) is 6. The zero-order chi connectivity index (χ0) is 18.7. The second kappa shape index (κ2) is 7.84. The van der Waals surface area contributed by atoms with Gasteiger partial charge in [0.25, 0.3) is 0 Å². The second-order valence-corrected chi connectivity index (χ2v) is 7.44. The van der Waals surface area contributed by atoms with Crippen LogP contribution in [0.4, 0.5) is 10.8 Å². The van der Waals surface area contributed by atoms with E-state index in [4.69, 9.17) is 0 Å². The summed E-state index contributed by atoms with van der Waals surface area (Å²) in [5.41, 5.74) is 3.72. The summed E-state index contributed by atoms with van der Waals surface area (Å²) in [4.78, 5) is 32.3. The molecule has 2 aromatic rings. The first kappa shape index (κ1) is 18.3. The summed E-state index contributed by atoms with van der Waals surface area (Å²) in [5.74, 6) is -1.36. The highest BCUT2D eigenvalue weighted by Gasteiger charge is 2.22. The van der Waals surface area contributed by atoms with Crippen molar-refractivity contribution in [1.29, 1.82) is 0 Å². The van der Waals surface area contributed by atoms with Crippen LogP contribution in [0.2, 0.25) is 0 Å². The zero-order valence-electron chi connectivity index (χ0n) is 15.2. The minimum Gasteiger partial charge on any atom is -0.374 e. The monoisotopic (exact) mass is 373 g/mol. The van der Waals surface area contributed by atoms with Crippen LogP contribution in [0.25, 0.3) is 0 Å². The van der Waals surface area contributed by atoms with E-state index in [1.165, 1.54) is 22.6 Å². The molecule has 0 bridgehead atoms. The number of carbonyl (C=O) groups is 2. The molecule has 3 rings (SSSR count). The summed E-state index contributed by atoms with van der Waals surface area (Å²) in [6.07, 6.45) is 2.61. The fourth-order valence-electron chi connectivity index (χ4n) is 3.10. The van der Waals surface area contributed by atoms with E-state index in [0.29, 0.717) is 11.7 Å². The maximum Gasteiger partial charge on any atom is 0.315 e. The largest absolute Gasteiger partial charge is 0.374 e. The van der Waals surface area contributed by atoms with E-state index in [1.54, 1.807) is 11.6 Å². The lowest BCUT2D eigenvalue weighted by molar-refractivity contribution is -0.136. The molecule has 0 aliphatic carbocycles. The Labute approximate surface area is 157 Å². The molecule has 1 aliphatic heterocycles. The number of benzene rings is 1. The highest BCUT2D eigenvalue weighted by molar-refractivity contribution is 7.13. The number of aromatic nitrogens is 1. The van der Waals surface area contributed by atoms with E-state index >= 15 is 0 Å². The molecule has 0 fully saturated rings. The van der Waals surface area contributed by atoms with Gasteiger partial charge in [-0.3, -0.25) is 14.9 Å². The number of carbonyl (C=O) groups excluding carboxylic acids is 2. The van der Waals surface area contributed by atoms with Crippen LogP contribution in [0.15, 0.2) is 29.8 Å². The normalized spacial score (nSPS) is 14.2. The van der Waals surface area contributed by atoms with Crippen LogP contribution in [-0.2, 0) is 16.0 Å². The second-order valence-electron chi connectivity index (χ2n) is 6.54. The molecule has 0 spiro atoms. The molecule has 0 saturated carbocycles. The molecule has 8 heteroatoms. The topological polar surface area (TPSA) is 77.6 Å². The van der Waals surface area contributed by atoms with Crippen molar-refractivity contribution >= 4 is 34.0 Å². The van der Waals surface area contributed by atoms with Gasteiger partial charge in [-0.15, -0.1) is 11.3 Å². The van der Waals surface area contributed by atoms with Crippen molar-refractivity contribution in [3.8, 4) is 0 Å². The number of fused-ring (bicyclic) bond motifs is 1. The molecule has 1 atom stereocenters. The number of likely N-dealkylation sites (N-methyl/N-ethyl adjacent to an activating group) is 2. The lowest BCUT2D eigenvalue weighted by Gasteiger charge is -2.25. The molecular weight excluding hydrogens is 350 g/mol. The summed E-state index contributed by atoms with van der Waals surface area (Å²) >= 11 is 1.27. The van der Waals surface area contributed by atoms with Gasteiger partial charge in [-0.2, -0.15) is 0 Å². The molecule has 1 unspecified atom stereocenters. The Kier molecular flexibility index (Phi) is 5.53. The Hall–Kier alpha value is -2.45. The van der Waals surface area contributed by atoms with Crippen LogP contribution in [0.1, 0.15) is 17.2 Å². The first-order valence-corrected chi connectivity index (χ1v) is 9.32. The maximum absolute atomic E-state index is 12.1. The molecule has 1 aliphatic rings. The number of nitrogens with one attached hydrogen (secondary N) is 2. The predicted molar refractivity (Wildman–Crippen MR) is 104 cm³/mol. The van der Waals surface area contributed by atoms with Crippen molar-refractivity contribution in [2.24, 2.45) is 0 Å². The van der Waals surface area contributed by atoms with Gasteiger partial charge in [0.2, 0.25) is 0 Å². The van der Waals surface area contributed by atoms with Crippen LogP contribution in [-0.4, -0.2) is 55.9 Å². The number of nitrogens with zero attached hydrogens (tertiary/aromatic N) is 3. The average Bonchev–Trinajstić information content (AvgIpc) is 3.24. The highest BCUT2D eigenvalue weighted by atomic mass is 32.1. The number of anilines is 2. The van der Waals surface area contributed by atoms with Crippen LogP contribution in [0.3, 0.4) is 0 Å². The lowest BCUT2D eigenvalue weighted by atomic mass is 10.0. The van der Waals surface area contributed by atoms with E-state index in [-0.39, 0.29) is 6.04 Å². The predicted octanol–water partition coefficient (Wildman–Crippen LogP) is 1.49. The molecule has 1 aromatic carbocycles. The Morgan fingerprint density at radius 3 is 2.85 bits per heavy atom. The Balaban J connectivity index is 1.64. The Morgan fingerprint density at radius 1 is 1.35 bits per heavy atom. The van der Waals surface area contributed by atoms with Crippen LogP contribution >= 0.6 is 11.3 Å². The van der Waals surface area contributed by atoms with Gasteiger partial charge in [0.05, 0.1) is 6.04 Å². The third-order valence-corrected chi connectivity index (χ3v) is 5.24. The molecule has 7 nitrogen and oxygen atoms in total. The summed E-state index contributed by atoms with van der Waals surface area (Å²) in [6, 6.07) is 6.41. The van der Waals surface area contributed by atoms with Crippen LogP contribution in [0, 0.1) is 0 Å².